The molecule has 1 aliphatic heterocycles. The Morgan fingerprint density at radius 3 is 2.83 bits per heavy atom. The number of halogens is 2. The van der Waals surface area contributed by atoms with Crippen LogP contribution in [0.4, 0.5) is 14.5 Å². The number of para-hydroxylation sites is 1. The zero-order chi connectivity index (χ0) is 16.4. The molecule has 1 amide bonds. The predicted molar refractivity (Wildman–Crippen MR) is 79.8 cm³/mol. The normalized spacial score (nSPS) is 18.3. The average Bonchev–Trinajstić information content (AvgIpc) is 3.12. The van der Waals surface area contributed by atoms with Crippen LogP contribution in [0, 0.1) is 18.6 Å². The summed E-state index contributed by atoms with van der Waals surface area (Å²) in [5.74, 6) is -1.32. The van der Waals surface area contributed by atoms with Gasteiger partial charge >= 0.3 is 0 Å². The molecule has 1 N–H and O–H groups in total. The Morgan fingerprint density at radius 2 is 2.17 bits per heavy atom. The van der Waals surface area contributed by atoms with Crippen molar-refractivity contribution in [1.82, 2.24) is 10.1 Å². The minimum absolute atomic E-state index is 0.0105. The number of nitrogens with one attached hydrogen (secondary N) is 1. The molecule has 1 atom stereocenters. The molecule has 122 valence electrons. The van der Waals surface area contributed by atoms with Crippen molar-refractivity contribution in [3.05, 3.63) is 47.4 Å². The molecule has 3 rings (SSSR count). The molecule has 1 aliphatic rings. The number of amides is 1. The third-order valence-corrected chi connectivity index (χ3v) is 3.93. The van der Waals surface area contributed by atoms with Crippen molar-refractivity contribution in [2.45, 2.75) is 25.8 Å². The van der Waals surface area contributed by atoms with E-state index in [4.69, 9.17) is 4.52 Å². The topological polar surface area (TPSA) is 58.4 Å². The predicted octanol–water partition coefficient (Wildman–Crippen LogP) is 3.04. The highest BCUT2D eigenvalue weighted by atomic mass is 19.1. The SMILES string of the molecule is Cc1cc(C2CCCN2CC(=O)Nc2c(F)cccc2F)no1. The molecular weight excluding hydrogens is 304 g/mol. The van der Waals surface area contributed by atoms with E-state index in [0.717, 1.165) is 37.2 Å². The molecule has 0 radical (unpaired) electrons. The summed E-state index contributed by atoms with van der Waals surface area (Å²) in [5.41, 5.74) is 0.371. The Balaban J connectivity index is 1.67. The highest BCUT2D eigenvalue weighted by Gasteiger charge is 2.30. The fourth-order valence-electron chi connectivity index (χ4n) is 2.87. The van der Waals surface area contributed by atoms with Crippen LogP contribution >= 0.6 is 0 Å². The largest absolute Gasteiger partial charge is 0.361 e. The van der Waals surface area contributed by atoms with Gasteiger partial charge in [0, 0.05) is 6.07 Å². The Labute approximate surface area is 132 Å². The number of nitrogens with zero attached hydrogens (tertiary/aromatic N) is 2. The standard InChI is InChI=1S/C16H17F2N3O2/c1-10-8-13(20-23-10)14-6-3-7-21(14)9-15(22)19-16-11(17)4-2-5-12(16)18/h2,4-5,8,14H,3,6-7,9H2,1H3,(H,19,22). The number of likely N-dealkylation sites (tertiary alicyclic amines) is 1. The van der Waals surface area contributed by atoms with Gasteiger partial charge in [-0.1, -0.05) is 11.2 Å². The van der Waals surface area contributed by atoms with Gasteiger partial charge in [-0.15, -0.1) is 0 Å². The zero-order valence-electron chi connectivity index (χ0n) is 12.7. The van der Waals surface area contributed by atoms with Crippen molar-refractivity contribution < 1.29 is 18.1 Å². The molecule has 0 spiro atoms. The number of aromatic nitrogens is 1. The molecule has 0 bridgehead atoms. The molecular formula is C16H17F2N3O2. The molecule has 23 heavy (non-hydrogen) atoms. The number of carbonyl (C=O) groups is 1. The lowest BCUT2D eigenvalue weighted by molar-refractivity contribution is -0.117. The van der Waals surface area contributed by atoms with Crippen molar-refractivity contribution in [1.29, 1.82) is 0 Å². The maximum atomic E-state index is 13.6. The van der Waals surface area contributed by atoms with Gasteiger partial charge in [0.2, 0.25) is 5.91 Å². The average molecular weight is 321 g/mol. The second-order valence-corrected chi connectivity index (χ2v) is 5.64. The first-order valence-electron chi connectivity index (χ1n) is 7.45. The number of benzene rings is 1. The summed E-state index contributed by atoms with van der Waals surface area (Å²) < 4.78 is 32.2. The lowest BCUT2D eigenvalue weighted by atomic mass is 10.1. The quantitative estimate of drug-likeness (QED) is 0.940. The first-order chi connectivity index (χ1) is 11.0. The first kappa shape index (κ1) is 15.6. The van der Waals surface area contributed by atoms with Crippen LogP contribution in [0.3, 0.4) is 0 Å². The summed E-state index contributed by atoms with van der Waals surface area (Å²) in [6, 6.07) is 5.30. The molecule has 5 nitrogen and oxygen atoms in total. The minimum Gasteiger partial charge on any atom is -0.361 e. The van der Waals surface area contributed by atoms with Crippen LogP contribution in [0.2, 0.25) is 0 Å². The lowest BCUT2D eigenvalue weighted by Crippen LogP contribution is -2.33. The first-order valence-corrected chi connectivity index (χ1v) is 7.45. The molecule has 0 aliphatic carbocycles. The van der Waals surface area contributed by atoms with E-state index in [2.05, 4.69) is 10.5 Å². The van der Waals surface area contributed by atoms with Gasteiger partial charge in [0.05, 0.1) is 12.6 Å². The maximum absolute atomic E-state index is 13.6. The van der Waals surface area contributed by atoms with E-state index in [1.807, 2.05) is 17.9 Å². The highest BCUT2D eigenvalue weighted by molar-refractivity contribution is 5.92. The number of rotatable bonds is 4. The van der Waals surface area contributed by atoms with E-state index < -0.39 is 23.2 Å². The molecule has 1 unspecified atom stereocenters. The number of hydrogen-bond acceptors (Lipinski definition) is 4. The van der Waals surface area contributed by atoms with E-state index in [0.29, 0.717) is 5.76 Å². The molecule has 1 fully saturated rings. The van der Waals surface area contributed by atoms with Gasteiger partial charge in [-0.25, -0.2) is 8.78 Å². The number of anilines is 1. The highest BCUT2D eigenvalue weighted by Crippen LogP contribution is 2.31. The number of hydrogen-bond donors (Lipinski definition) is 1. The molecule has 2 heterocycles. The van der Waals surface area contributed by atoms with Crippen LogP contribution in [-0.4, -0.2) is 29.1 Å². The van der Waals surface area contributed by atoms with Gasteiger partial charge in [-0.3, -0.25) is 9.69 Å². The smallest absolute Gasteiger partial charge is 0.238 e. The third kappa shape index (κ3) is 3.39. The summed E-state index contributed by atoms with van der Waals surface area (Å²) >= 11 is 0. The Hall–Kier alpha value is -2.28. The molecule has 0 saturated carbocycles. The zero-order valence-corrected chi connectivity index (χ0v) is 12.7. The van der Waals surface area contributed by atoms with Crippen molar-refractivity contribution in [3.8, 4) is 0 Å². The molecule has 2 aromatic rings. The van der Waals surface area contributed by atoms with Crippen LogP contribution in [0.15, 0.2) is 28.8 Å². The van der Waals surface area contributed by atoms with Gasteiger partial charge in [0.25, 0.3) is 0 Å². The molecule has 1 saturated heterocycles. The van der Waals surface area contributed by atoms with E-state index in [1.54, 1.807) is 0 Å². The molecule has 1 aromatic heterocycles. The van der Waals surface area contributed by atoms with E-state index in [1.165, 1.54) is 6.07 Å². The van der Waals surface area contributed by atoms with Crippen molar-refractivity contribution in [2.75, 3.05) is 18.4 Å². The minimum atomic E-state index is -0.788. The van der Waals surface area contributed by atoms with Crippen LogP contribution in [0.5, 0.6) is 0 Å². The van der Waals surface area contributed by atoms with Crippen molar-refractivity contribution >= 4 is 11.6 Å². The number of aryl methyl sites for hydroxylation is 1. The summed E-state index contributed by atoms with van der Waals surface area (Å²) in [7, 11) is 0. The lowest BCUT2D eigenvalue weighted by Gasteiger charge is -2.22. The maximum Gasteiger partial charge on any atom is 0.238 e. The summed E-state index contributed by atoms with van der Waals surface area (Å²) in [5, 5.41) is 6.31. The summed E-state index contributed by atoms with van der Waals surface area (Å²) in [4.78, 5) is 14.1. The third-order valence-electron chi connectivity index (χ3n) is 3.93. The van der Waals surface area contributed by atoms with Gasteiger partial charge < -0.3 is 9.84 Å². The van der Waals surface area contributed by atoms with E-state index in [9.17, 15) is 13.6 Å². The Morgan fingerprint density at radius 1 is 1.43 bits per heavy atom. The Kier molecular flexibility index (Phi) is 4.38. The van der Waals surface area contributed by atoms with E-state index in [-0.39, 0.29) is 12.6 Å². The fraction of sp³-hybridized carbons (Fsp3) is 0.375. The second kappa shape index (κ2) is 6.45. The van der Waals surface area contributed by atoms with Gasteiger partial charge in [0.15, 0.2) is 0 Å². The van der Waals surface area contributed by atoms with Crippen LogP contribution in [0.25, 0.3) is 0 Å². The van der Waals surface area contributed by atoms with Gasteiger partial charge in [0.1, 0.15) is 28.8 Å². The van der Waals surface area contributed by atoms with Gasteiger partial charge in [-0.2, -0.15) is 0 Å². The molecule has 7 heteroatoms. The van der Waals surface area contributed by atoms with E-state index >= 15 is 0 Å². The van der Waals surface area contributed by atoms with Crippen LogP contribution in [0.1, 0.15) is 30.3 Å². The summed E-state index contributed by atoms with van der Waals surface area (Å²) in [6.07, 6.45) is 1.80. The van der Waals surface area contributed by atoms with Crippen molar-refractivity contribution in [2.24, 2.45) is 0 Å². The van der Waals surface area contributed by atoms with Crippen LogP contribution in [-0.2, 0) is 4.79 Å². The monoisotopic (exact) mass is 321 g/mol. The fourth-order valence-corrected chi connectivity index (χ4v) is 2.87. The van der Waals surface area contributed by atoms with Crippen molar-refractivity contribution in [3.63, 3.8) is 0 Å². The second-order valence-electron chi connectivity index (χ2n) is 5.64. The van der Waals surface area contributed by atoms with Gasteiger partial charge in [-0.05, 0) is 38.4 Å². The number of carbonyl (C=O) groups excluding carboxylic acids is 1. The van der Waals surface area contributed by atoms with Crippen LogP contribution < -0.4 is 5.32 Å². The Bertz CT molecular complexity index is 697. The molecule has 1 aromatic carbocycles. The summed E-state index contributed by atoms with van der Waals surface area (Å²) in [6.45, 7) is 2.58.